The van der Waals surface area contributed by atoms with Crippen LogP contribution < -0.4 is 0 Å². The molecule has 2 nitrogen and oxygen atoms in total. The SMILES string of the molecule is O=C(C(=CC1C=CC=C1)C(=O)c1ccccc1)c1ccccc1. The first-order chi connectivity index (χ1) is 11.3. The number of carbonyl (C=O) groups is 2. The normalized spacial score (nSPS) is 13.0. The molecule has 0 aliphatic heterocycles. The van der Waals surface area contributed by atoms with Crippen LogP contribution in [0.2, 0.25) is 0 Å². The maximum Gasteiger partial charge on any atom is 0.196 e. The molecule has 0 bridgehead atoms. The zero-order valence-corrected chi connectivity index (χ0v) is 12.6. The summed E-state index contributed by atoms with van der Waals surface area (Å²) in [5.74, 6) is -0.508. The van der Waals surface area contributed by atoms with Crippen molar-refractivity contribution in [3.8, 4) is 0 Å². The molecule has 0 spiro atoms. The molecule has 0 N–H and O–H groups in total. The third kappa shape index (κ3) is 3.43. The smallest absolute Gasteiger partial charge is 0.196 e. The standard InChI is InChI=1S/C21H16O2/c22-20(17-11-3-1-4-12-17)19(15-16-9-7-8-10-16)21(23)18-13-5-2-6-14-18/h1-16H. The van der Waals surface area contributed by atoms with Gasteiger partial charge in [-0.3, -0.25) is 9.59 Å². The minimum Gasteiger partial charge on any atom is -0.288 e. The Hall–Kier alpha value is -3.00. The van der Waals surface area contributed by atoms with E-state index in [1.54, 1.807) is 54.6 Å². The van der Waals surface area contributed by atoms with E-state index in [1.807, 2.05) is 36.4 Å². The zero-order valence-electron chi connectivity index (χ0n) is 12.6. The first kappa shape index (κ1) is 14.9. The van der Waals surface area contributed by atoms with E-state index in [0.29, 0.717) is 11.1 Å². The minimum atomic E-state index is -0.242. The quantitative estimate of drug-likeness (QED) is 0.354. The second kappa shape index (κ2) is 6.84. The van der Waals surface area contributed by atoms with E-state index in [1.165, 1.54) is 0 Å². The molecule has 0 atom stereocenters. The molecular weight excluding hydrogens is 284 g/mol. The summed E-state index contributed by atoms with van der Waals surface area (Å²) >= 11 is 0. The van der Waals surface area contributed by atoms with Gasteiger partial charge in [0.2, 0.25) is 0 Å². The first-order valence-electron chi connectivity index (χ1n) is 7.52. The van der Waals surface area contributed by atoms with Crippen LogP contribution in [0, 0.1) is 5.92 Å². The molecule has 112 valence electrons. The Bertz CT molecular complexity index is 731. The lowest BCUT2D eigenvalue weighted by molar-refractivity contribution is 0.0961. The number of ketones is 2. The second-order valence-electron chi connectivity index (χ2n) is 5.32. The van der Waals surface area contributed by atoms with Crippen molar-refractivity contribution in [3.63, 3.8) is 0 Å². The number of Topliss-reactive ketones (excluding diaryl/α,β-unsaturated/α-hetero) is 2. The predicted molar refractivity (Wildman–Crippen MR) is 91.4 cm³/mol. The van der Waals surface area contributed by atoms with Crippen molar-refractivity contribution in [2.75, 3.05) is 0 Å². The van der Waals surface area contributed by atoms with E-state index >= 15 is 0 Å². The summed E-state index contributed by atoms with van der Waals surface area (Å²) in [7, 11) is 0. The maximum absolute atomic E-state index is 12.8. The van der Waals surface area contributed by atoms with Crippen LogP contribution in [0.5, 0.6) is 0 Å². The number of hydrogen-bond acceptors (Lipinski definition) is 2. The molecule has 0 saturated carbocycles. The van der Waals surface area contributed by atoms with Crippen molar-refractivity contribution < 1.29 is 9.59 Å². The molecule has 0 heterocycles. The molecule has 0 fully saturated rings. The zero-order chi connectivity index (χ0) is 16.1. The van der Waals surface area contributed by atoms with Gasteiger partial charge in [0.15, 0.2) is 11.6 Å². The largest absolute Gasteiger partial charge is 0.288 e. The molecule has 0 amide bonds. The van der Waals surface area contributed by atoms with Crippen LogP contribution in [-0.2, 0) is 0 Å². The molecule has 0 unspecified atom stereocenters. The summed E-state index contributed by atoms with van der Waals surface area (Å²) in [6.07, 6.45) is 9.48. The van der Waals surface area contributed by atoms with Crippen molar-refractivity contribution in [3.05, 3.63) is 108 Å². The third-order valence-electron chi connectivity index (χ3n) is 3.70. The highest BCUT2D eigenvalue weighted by atomic mass is 16.1. The van der Waals surface area contributed by atoms with Gasteiger partial charge in [-0.2, -0.15) is 0 Å². The van der Waals surface area contributed by atoms with Crippen molar-refractivity contribution in [1.29, 1.82) is 0 Å². The second-order valence-corrected chi connectivity index (χ2v) is 5.32. The van der Waals surface area contributed by atoms with Gasteiger partial charge >= 0.3 is 0 Å². The number of hydrogen-bond donors (Lipinski definition) is 0. The summed E-state index contributed by atoms with van der Waals surface area (Å²) < 4.78 is 0. The van der Waals surface area contributed by atoms with Crippen LogP contribution >= 0.6 is 0 Å². The number of allylic oxidation sites excluding steroid dienone is 6. The summed E-state index contributed by atoms with van der Waals surface area (Å²) in [6.45, 7) is 0. The molecule has 0 radical (unpaired) electrons. The van der Waals surface area contributed by atoms with Gasteiger partial charge in [-0.15, -0.1) is 0 Å². The summed E-state index contributed by atoms with van der Waals surface area (Å²) in [4.78, 5) is 25.6. The van der Waals surface area contributed by atoms with E-state index in [9.17, 15) is 9.59 Å². The van der Waals surface area contributed by atoms with Gasteiger partial charge in [0.1, 0.15) is 0 Å². The summed E-state index contributed by atoms with van der Waals surface area (Å²) in [5.41, 5.74) is 1.26. The topological polar surface area (TPSA) is 34.1 Å². The van der Waals surface area contributed by atoms with Gasteiger partial charge in [0.25, 0.3) is 0 Å². The van der Waals surface area contributed by atoms with Crippen LogP contribution in [0.15, 0.2) is 96.6 Å². The highest BCUT2D eigenvalue weighted by molar-refractivity contribution is 6.30. The number of benzene rings is 2. The molecule has 1 aliphatic carbocycles. The lowest BCUT2D eigenvalue weighted by Gasteiger charge is -2.08. The van der Waals surface area contributed by atoms with Gasteiger partial charge in [0, 0.05) is 17.0 Å². The van der Waals surface area contributed by atoms with Crippen LogP contribution in [0.3, 0.4) is 0 Å². The minimum absolute atomic E-state index is 0.0228. The molecule has 0 saturated heterocycles. The molecule has 2 aromatic rings. The molecule has 3 rings (SSSR count). The Labute approximate surface area is 135 Å². The Morgan fingerprint density at radius 2 is 1.13 bits per heavy atom. The van der Waals surface area contributed by atoms with Gasteiger partial charge in [-0.25, -0.2) is 0 Å². The number of rotatable bonds is 5. The number of carbonyl (C=O) groups excluding carboxylic acids is 2. The van der Waals surface area contributed by atoms with E-state index in [4.69, 9.17) is 0 Å². The monoisotopic (exact) mass is 300 g/mol. The predicted octanol–water partition coefficient (Wildman–Crippen LogP) is 4.42. The van der Waals surface area contributed by atoms with E-state index in [0.717, 1.165) is 0 Å². The van der Waals surface area contributed by atoms with Crippen molar-refractivity contribution in [2.24, 2.45) is 5.92 Å². The van der Waals surface area contributed by atoms with Crippen LogP contribution in [0.4, 0.5) is 0 Å². The highest BCUT2D eigenvalue weighted by Crippen LogP contribution is 2.20. The van der Waals surface area contributed by atoms with Gasteiger partial charge < -0.3 is 0 Å². The van der Waals surface area contributed by atoms with Crippen LogP contribution in [0.1, 0.15) is 20.7 Å². The Kier molecular flexibility index (Phi) is 4.44. The Balaban J connectivity index is 2.00. The molecule has 1 aliphatic rings. The molecule has 2 aromatic carbocycles. The molecular formula is C21H16O2. The average molecular weight is 300 g/mol. The van der Waals surface area contributed by atoms with E-state index in [-0.39, 0.29) is 23.1 Å². The van der Waals surface area contributed by atoms with Gasteiger partial charge in [-0.1, -0.05) is 91.0 Å². The van der Waals surface area contributed by atoms with Crippen molar-refractivity contribution >= 4 is 11.6 Å². The maximum atomic E-state index is 12.8. The fraction of sp³-hybridized carbons (Fsp3) is 0.0476. The lowest BCUT2D eigenvalue weighted by atomic mass is 9.93. The Morgan fingerprint density at radius 3 is 1.57 bits per heavy atom. The Morgan fingerprint density at radius 1 is 0.696 bits per heavy atom. The molecule has 2 heteroatoms. The lowest BCUT2D eigenvalue weighted by Crippen LogP contribution is -2.15. The van der Waals surface area contributed by atoms with Gasteiger partial charge in [0.05, 0.1) is 5.57 Å². The van der Waals surface area contributed by atoms with Crippen molar-refractivity contribution in [1.82, 2.24) is 0 Å². The molecule has 23 heavy (non-hydrogen) atoms. The first-order valence-corrected chi connectivity index (χ1v) is 7.52. The summed E-state index contributed by atoms with van der Waals surface area (Å²) in [5, 5.41) is 0. The fourth-order valence-corrected chi connectivity index (χ4v) is 2.50. The van der Waals surface area contributed by atoms with Crippen LogP contribution in [0.25, 0.3) is 0 Å². The van der Waals surface area contributed by atoms with E-state index < -0.39 is 0 Å². The van der Waals surface area contributed by atoms with Crippen molar-refractivity contribution in [2.45, 2.75) is 0 Å². The van der Waals surface area contributed by atoms with Gasteiger partial charge in [-0.05, 0) is 0 Å². The average Bonchev–Trinajstić information content (AvgIpc) is 3.13. The van der Waals surface area contributed by atoms with E-state index in [2.05, 4.69) is 0 Å². The van der Waals surface area contributed by atoms with Crippen LogP contribution in [-0.4, -0.2) is 11.6 Å². The molecule has 0 aromatic heterocycles. The third-order valence-corrected chi connectivity index (χ3v) is 3.70. The highest BCUT2D eigenvalue weighted by Gasteiger charge is 2.22. The summed E-state index contributed by atoms with van der Waals surface area (Å²) in [6, 6.07) is 17.8. The fourth-order valence-electron chi connectivity index (χ4n) is 2.50.